The standard InChI is InChI=1S/C28H30N4O3S2/c1-19-8-7-16-31-24(19)29-25(30-14-5-3-4-6-15-30)22(26(31)33)18-23-27(34)32(28(36)37-23)17-13-20-9-11-21(35-2)12-10-20/h7-12,16,18H,3-6,13-15,17H2,1-2H3/b23-18+. The van der Waals surface area contributed by atoms with Gasteiger partial charge in [0.15, 0.2) is 0 Å². The Labute approximate surface area is 226 Å². The molecule has 37 heavy (non-hydrogen) atoms. The Balaban J connectivity index is 1.48. The minimum atomic E-state index is -0.170. The highest BCUT2D eigenvalue weighted by atomic mass is 32.2. The number of thiocarbonyl (C=S) groups is 1. The monoisotopic (exact) mass is 534 g/mol. The van der Waals surface area contributed by atoms with Crippen LogP contribution in [0.2, 0.25) is 0 Å². The van der Waals surface area contributed by atoms with Crippen molar-refractivity contribution in [2.75, 3.05) is 31.6 Å². The molecule has 9 heteroatoms. The van der Waals surface area contributed by atoms with E-state index >= 15 is 0 Å². The average molecular weight is 535 g/mol. The van der Waals surface area contributed by atoms with E-state index in [4.69, 9.17) is 21.9 Å². The van der Waals surface area contributed by atoms with Crippen molar-refractivity contribution in [2.24, 2.45) is 0 Å². The van der Waals surface area contributed by atoms with Crippen molar-refractivity contribution in [3.8, 4) is 5.75 Å². The first-order valence-corrected chi connectivity index (χ1v) is 13.8. The molecule has 2 aromatic heterocycles. The van der Waals surface area contributed by atoms with Gasteiger partial charge in [0.05, 0.1) is 17.6 Å². The highest BCUT2D eigenvalue weighted by Crippen LogP contribution is 2.34. The second-order valence-electron chi connectivity index (χ2n) is 9.37. The van der Waals surface area contributed by atoms with Crippen LogP contribution in [0.15, 0.2) is 52.3 Å². The number of aromatic nitrogens is 2. The van der Waals surface area contributed by atoms with Crippen molar-refractivity contribution in [3.05, 3.63) is 74.5 Å². The molecule has 4 heterocycles. The molecule has 1 aromatic carbocycles. The van der Waals surface area contributed by atoms with Crippen molar-refractivity contribution < 1.29 is 9.53 Å². The van der Waals surface area contributed by atoms with Crippen molar-refractivity contribution >= 4 is 51.7 Å². The molecule has 2 fully saturated rings. The van der Waals surface area contributed by atoms with Crippen LogP contribution in [-0.4, -0.2) is 51.3 Å². The molecule has 5 rings (SSSR count). The van der Waals surface area contributed by atoms with Crippen LogP contribution in [0.5, 0.6) is 5.75 Å². The lowest BCUT2D eigenvalue weighted by Crippen LogP contribution is -2.31. The van der Waals surface area contributed by atoms with Crippen LogP contribution in [0.25, 0.3) is 11.7 Å². The Bertz CT molecular complexity index is 1420. The number of carbonyl (C=O) groups is 1. The molecule has 0 radical (unpaired) electrons. The summed E-state index contributed by atoms with van der Waals surface area (Å²) in [4.78, 5) is 36.4. The summed E-state index contributed by atoms with van der Waals surface area (Å²) in [5, 5.41) is 0. The van der Waals surface area contributed by atoms with Gasteiger partial charge in [0.2, 0.25) is 0 Å². The fraction of sp³-hybridized carbons (Fsp3) is 0.357. The summed E-state index contributed by atoms with van der Waals surface area (Å²) < 4.78 is 7.30. The number of hydrogen-bond acceptors (Lipinski definition) is 7. The number of methoxy groups -OCH3 is 1. The van der Waals surface area contributed by atoms with E-state index in [1.54, 1.807) is 28.7 Å². The number of anilines is 1. The lowest BCUT2D eigenvalue weighted by molar-refractivity contribution is -0.122. The second kappa shape index (κ2) is 11.1. The molecule has 0 saturated carbocycles. The summed E-state index contributed by atoms with van der Waals surface area (Å²) in [6.45, 7) is 4.12. The third kappa shape index (κ3) is 5.29. The minimum Gasteiger partial charge on any atom is -0.497 e. The first-order valence-electron chi connectivity index (χ1n) is 12.6. The Hall–Kier alpha value is -3.17. The Morgan fingerprint density at radius 2 is 1.81 bits per heavy atom. The van der Waals surface area contributed by atoms with Crippen LogP contribution < -0.4 is 15.2 Å². The normalized spacial score (nSPS) is 17.6. The maximum Gasteiger partial charge on any atom is 0.267 e. The van der Waals surface area contributed by atoms with Crippen LogP contribution >= 0.6 is 24.0 Å². The number of fused-ring (bicyclic) bond motifs is 1. The number of rotatable bonds is 6. The average Bonchev–Trinajstić information content (AvgIpc) is 3.07. The molecule has 1 amide bonds. The quantitative estimate of drug-likeness (QED) is 0.331. The zero-order valence-electron chi connectivity index (χ0n) is 21.1. The Morgan fingerprint density at radius 1 is 1.08 bits per heavy atom. The van der Waals surface area contributed by atoms with E-state index in [9.17, 15) is 9.59 Å². The zero-order chi connectivity index (χ0) is 25.9. The summed E-state index contributed by atoms with van der Waals surface area (Å²) in [6, 6.07) is 11.6. The van der Waals surface area contributed by atoms with Crippen molar-refractivity contribution in [2.45, 2.75) is 39.0 Å². The third-order valence-corrected chi connectivity index (χ3v) is 8.28. The number of aryl methyl sites for hydroxylation is 1. The molecule has 7 nitrogen and oxygen atoms in total. The molecule has 0 unspecified atom stereocenters. The fourth-order valence-electron chi connectivity index (χ4n) is 4.81. The molecule has 2 aliphatic rings. The van der Waals surface area contributed by atoms with Crippen molar-refractivity contribution in [1.82, 2.24) is 14.3 Å². The number of thioether (sulfide) groups is 1. The number of ether oxygens (including phenoxy) is 1. The van der Waals surface area contributed by atoms with Gasteiger partial charge in [-0.1, -0.05) is 55.0 Å². The van der Waals surface area contributed by atoms with Gasteiger partial charge in [0.25, 0.3) is 11.5 Å². The first-order chi connectivity index (χ1) is 18.0. The summed E-state index contributed by atoms with van der Waals surface area (Å²) in [7, 11) is 1.64. The third-order valence-electron chi connectivity index (χ3n) is 6.90. The van der Waals surface area contributed by atoms with Crippen molar-refractivity contribution in [3.63, 3.8) is 0 Å². The molecule has 0 bridgehead atoms. The maximum atomic E-state index is 13.7. The van der Waals surface area contributed by atoms with Gasteiger partial charge in [-0.05, 0) is 61.6 Å². The van der Waals surface area contributed by atoms with Gasteiger partial charge in [-0.25, -0.2) is 4.98 Å². The summed E-state index contributed by atoms with van der Waals surface area (Å²) >= 11 is 6.82. The minimum absolute atomic E-state index is 0.168. The lowest BCUT2D eigenvalue weighted by atomic mass is 10.1. The lowest BCUT2D eigenvalue weighted by Gasteiger charge is -2.24. The highest BCUT2D eigenvalue weighted by molar-refractivity contribution is 8.26. The summed E-state index contributed by atoms with van der Waals surface area (Å²) in [5.41, 5.74) is 2.95. The topological polar surface area (TPSA) is 67.2 Å². The smallest absolute Gasteiger partial charge is 0.267 e. The first kappa shape index (κ1) is 25.5. The SMILES string of the molecule is COc1ccc(CCN2C(=O)/C(=C\c3c(N4CCCCCC4)nc4c(C)cccn4c3=O)SC2=S)cc1. The molecule has 0 N–H and O–H groups in total. The molecule has 192 valence electrons. The van der Waals surface area contributed by atoms with E-state index in [-0.39, 0.29) is 11.5 Å². The molecular formula is C28H30N4O3S2. The number of nitrogens with zero attached hydrogens (tertiary/aromatic N) is 4. The van der Waals surface area contributed by atoms with Crippen LogP contribution in [0.1, 0.15) is 42.4 Å². The molecule has 0 aliphatic carbocycles. The van der Waals surface area contributed by atoms with Crippen LogP contribution in [0, 0.1) is 6.92 Å². The highest BCUT2D eigenvalue weighted by Gasteiger charge is 2.33. The van der Waals surface area contributed by atoms with Gasteiger partial charge in [-0.2, -0.15) is 0 Å². The van der Waals surface area contributed by atoms with Gasteiger partial charge in [-0.3, -0.25) is 18.9 Å². The van der Waals surface area contributed by atoms with Gasteiger partial charge >= 0.3 is 0 Å². The van der Waals surface area contributed by atoms with E-state index in [1.165, 1.54) is 24.6 Å². The van der Waals surface area contributed by atoms with Crippen LogP contribution in [0.4, 0.5) is 5.82 Å². The second-order valence-corrected chi connectivity index (χ2v) is 11.0. The molecule has 0 spiro atoms. The molecular weight excluding hydrogens is 504 g/mol. The molecule has 2 aliphatic heterocycles. The predicted octanol–water partition coefficient (Wildman–Crippen LogP) is 4.84. The van der Waals surface area contributed by atoms with Crippen LogP contribution in [-0.2, 0) is 11.2 Å². The van der Waals surface area contributed by atoms with E-state index in [2.05, 4.69) is 4.90 Å². The van der Waals surface area contributed by atoms with E-state index < -0.39 is 0 Å². The summed E-state index contributed by atoms with van der Waals surface area (Å²) in [5.74, 6) is 1.28. The van der Waals surface area contributed by atoms with Gasteiger partial charge in [0, 0.05) is 25.8 Å². The van der Waals surface area contributed by atoms with Gasteiger partial charge < -0.3 is 9.64 Å². The number of benzene rings is 1. The number of pyridine rings is 1. The largest absolute Gasteiger partial charge is 0.497 e. The Kier molecular flexibility index (Phi) is 7.62. The summed E-state index contributed by atoms with van der Waals surface area (Å²) in [6.07, 6.45) is 8.57. The van der Waals surface area contributed by atoms with E-state index in [0.29, 0.717) is 39.2 Å². The predicted molar refractivity (Wildman–Crippen MR) is 153 cm³/mol. The molecule has 2 saturated heterocycles. The van der Waals surface area contributed by atoms with Gasteiger partial charge in [0.1, 0.15) is 21.5 Å². The van der Waals surface area contributed by atoms with Gasteiger partial charge in [-0.15, -0.1) is 0 Å². The maximum absolute atomic E-state index is 13.7. The number of carbonyl (C=O) groups excluding carboxylic acids is 1. The fourth-order valence-corrected chi connectivity index (χ4v) is 6.10. The van der Waals surface area contributed by atoms with Crippen LogP contribution in [0.3, 0.4) is 0 Å². The van der Waals surface area contributed by atoms with E-state index in [1.807, 2.05) is 43.3 Å². The van der Waals surface area contributed by atoms with E-state index in [0.717, 1.165) is 42.8 Å². The molecule has 0 atom stereocenters. The number of hydrogen-bond donors (Lipinski definition) is 0. The van der Waals surface area contributed by atoms with Crippen molar-refractivity contribution in [1.29, 1.82) is 0 Å². The Morgan fingerprint density at radius 3 is 2.51 bits per heavy atom. The number of amides is 1. The molecule has 3 aromatic rings. The zero-order valence-corrected chi connectivity index (χ0v) is 22.7.